The first-order valence-electron chi connectivity index (χ1n) is 9.99. The number of carbonyl (C=O) groups is 1. The molecule has 0 unspecified atom stereocenters. The minimum absolute atomic E-state index is 0.0564. The molecule has 1 aliphatic heterocycles. The molecule has 4 heterocycles. The number of rotatable bonds is 6. The van der Waals surface area contributed by atoms with Crippen LogP contribution in [0.15, 0.2) is 16.9 Å². The van der Waals surface area contributed by atoms with E-state index in [0.29, 0.717) is 30.5 Å². The molecule has 0 fully saturated rings. The fraction of sp³-hybridized carbons (Fsp3) is 0.450. The molecule has 1 atom stereocenters. The van der Waals surface area contributed by atoms with Crippen LogP contribution in [0.1, 0.15) is 42.1 Å². The Bertz CT molecular complexity index is 1090. The summed E-state index contributed by atoms with van der Waals surface area (Å²) in [4.78, 5) is 23.0. The average Bonchev–Trinajstić information content (AvgIpc) is 3.32. The van der Waals surface area contributed by atoms with Gasteiger partial charge in [0, 0.05) is 30.9 Å². The lowest BCUT2D eigenvalue weighted by atomic mass is 10.1. The highest BCUT2D eigenvalue weighted by molar-refractivity contribution is 6.03. The zero-order valence-electron chi connectivity index (χ0n) is 17.9. The molecule has 1 aliphatic rings. The summed E-state index contributed by atoms with van der Waals surface area (Å²) in [7, 11) is 1.86. The molecule has 0 bridgehead atoms. The van der Waals surface area contributed by atoms with Crippen LogP contribution in [0.4, 0.5) is 17.5 Å². The van der Waals surface area contributed by atoms with Gasteiger partial charge in [0.25, 0.3) is 0 Å². The van der Waals surface area contributed by atoms with Gasteiger partial charge >= 0.3 is 0 Å². The average molecular weight is 410 g/mol. The van der Waals surface area contributed by atoms with Crippen molar-refractivity contribution in [2.75, 3.05) is 22.6 Å². The Labute approximate surface area is 174 Å². The third-order valence-electron chi connectivity index (χ3n) is 5.47. The van der Waals surface area contributed by atoms with Gasteiger partial charge in [-0.05, 0) is 27.2 Å². The second kappa shape index (κ2) is 7.77. The van der Waals surface area contributed by atoms with Crippen molar-refractivity contribution in [3.05, 3.63) is 40.7 Å². The van der Waals surface area contributed by atoms with Crippen LogP contribution in [0.25, 0.3) is 0 Å². The van der Waals surface area contributed by atoms with E-state index in [-0.39, 0.29) is 11.9 Å². The van der Waals surface area contributed by atoms with Gasteiger partial charge in [-0.3, -0.25) is 9.48 Å². The predicted molar refractivity (Wildman–Crippen MR) is 113 cm³/mol. The topological polar surface area (TPSA) is 114 Å². The number of aromatic nitrogens is 5. The van der Waals surface area contributed by atoms with E-state index in [1.807, 2.05) is 49.8 Å². The number of hydrogen-bond acceptors (Lipinski definition) is 8. The highest BCUT2D eigenvalue weighted by atomic mass is 16.5. The third-order valence-corrected chi connectivity index (χ3v) is 5.47. The van der Waals surface area contributed by atoms with Crippen LogP contribution in [0, 0.1) is 13.8 Å². The Balaban J connectivity index is 1.47. The van der Waals surface area contributed by atoms with Crippen molar-refractivity contribution in [3.63, 3.8) is 0 Å². The van der Waals surface area contributed by atoms with E-state index in [2.05, 4.69) is 37.8 Å². The Morgan fingerprint density at radius 2 is 2.10 bits per heavy atom. The van der Waals surface area contributed by atoms with Crippen molar-refractivity contribution in [3.8, 4) is 0 Å². The molecule has 3 aromatic rings. The van der Waals surface area contributed by atoms with Gasteiger partial charge in [-0.25, -0.2) is 4.98 Å². The van der Waals surface area contributed by atoms with E-state index < -0.39 is 0 Å². The number of nitrogens with one attached hydrogen (secondary N) is 2. The largest absolute Gasteiger partial charge is 0.361 e. The van der Waals surface area contributed by atoms with Crippen LogP contribution < -0.4 is 15.5 Å². The second-order valence-corrected chi connectivity index (χ2v) is 7.52. The first-order chi connectivity index (χ1) is 14.4. The molecule has 0 spiro atoms. The summed E-state index contributed by atoms with van der Waals surface area (Å²) in [6.45, 7) is 8.84. The Kier molecular flexibility index (Phi) is 5.15. The number of nitrogens with zero attached hydrogens (tertiary/aromatic N) is 6. The van der Waals surface area contributed by atoms with E-state index in [9.17, 15) is 4.79 Å². The van der Waals surface area contributed by atoms with Crippen LogP contribution in [0.5, 0.6) is 0 Å². The van der Waals surface area contributed by atoms with Gasteiger partial charge in [0.15, 0.2) is 5.82 Å². The van der Waals surface area contributed by atoms with E-state index in [1.54, 1.807) is 0 Å². The molecule has 158 valence electrons. The summed E-state index contributed by atoms with van der Waals surface area (Å²) in [5, 5.41) is 14.7. The Morgan fingerprint density at radius 3 is 2.87 bits per heavy atom. The molecule has 2 N–H and O–H groups in total. The van der Waals surface area contributed by atoms with Crippen molar-refractivity contribution >= 4 is 23.4 Å². The van der Waals surface area contributed by atoms with E-state index in [1.165, 1.54) is 0 Å². The van der Waals surface area contributed by atoms with Crippen LogP contribution in [0.3, 0.4) is 0 Å². The maximum atomic E-state index is 12.0. The molecular weight excluding hydrogens is 384 g/mol. The van der Waals surface area contributed by atoms with Gasteiger partial charge in [0.2, 0.25) is 11.9 Å². The fourth-order valence-corrected chi connectivity index (χ4v) is 3.47. The monoisotopic (exact) mass is 410 g/mol. The van der Waals surface area contributed by atoms with Crippen LogP contribution >= 0.6 is 0 Å². The quantitative estimate of drug-likeness (QED) is 0.636. The van der Waals surface area contributed by atoms with E-state index in [0.717, 1.165) is 34.7 Å². The van der Waals surface area contributed by atoms with Gasteiger partial charge in [0.1, 0.15) is 17.5 Å². The first-order valence-corrected chi connectivity index (χ1v) is 9.99. The molecule has 10 nitrogen and oxygen atoms in total. The number of anilines is 3. The van der Waals surface area contributed by atoms with Crippen molar-refractivity contribution in [2.45, 2.75) is 53.2 Å². The maximum absolute atomic E-state index is 12.0. The highest BCUT2D eigenvalue weighted by Gasteiger charge is 2.30. The molecule has 3 aromatic heterocycles. The molecule has 0 saturated heterocycles. The highest BCUT2D eigenvalue weighted by Crippen LogP contribution is 2.32. The Hall–Kier alpha value is -3.43. The zero-order chi connectivity index (χ0) is 21.4. The van der Waals surface area contributed by atoms with Gasteiger partial charge < -0.3 is 20.1 Å². The SMILES string of the molecule is CCc1noc(C)c1Cn1cc(CNc2nc(C)c3c(n2)N(C)[C@@H](C)C(=O)N3)cn1. The minimum Gasteiger partial charge on any atom is -0.361 e. The summed E-state index contributed by atoms with van der Waals surface area (Å²) < 4.78 is 7.17. The van der Waals surface area contributed by atoms with E-state index in [4.69, 9.17) is 4.52 Å². The van der Waals surface area contributed by atoms with Crippen LogP contribution in [-0.4, -0.2) is 43.9 Å². The lowest BCUT2D eigenvalue weighted by Crippen LogP contribution is -2.44. The minimum atomic E-state index is -0.285. The Morgan fingerprint density at radius 1 is 1.30 bits per heavy atom. The van der Waals surface area contributed by atoms with Gasteiger partial charge in [0.05, 0.1) is 24.1 Å². The number of fused-ring (bicyclic) bond motifs is 1. The van der Waals surface area contributed by atoms with Crippen LogP contribution in [-0.2, 0) is 24.3 Å². The van der Waals surface area contributed by atoms with Crippen molar-refractivity contribution < 1.29 is 9.32 Å². The third kappa shape index (κ3) is 3.60. The molecule has 0 aliphatic carbocycles. The van der Waals surface area contributed by atoms with Crippen LogP contribution in [0.2, 0.25) is 0 Å². The lowest BCUT2D eigenvalue weighted by Gasteiger charge is -2.32. The molecule has 0 saturated carbocycles. The summed E-state index contributed by atoms with van der Waals surface area (Å²) >= 11 is 0. The molecular formula is C20H26N8O2. The van der Waals surface area contributed by atoms with Gasteiger partial charge in [-0.1, -0.05) is 12.1 Å². The molecule has 0 aromatic carbocycles. The van der Waals surface area contributed by atoms with Crippen molar-refractivity contribution in [2.24, 2.45) is 0 Å². The first kappa shape index (κ1) is 19.9. The molecule has 1 amide bonds. The summed E-state index contributed by atoms with van der Waals surface area (Å²) in [6, 6.07) is -0.285. The smallest absolute Gasteiger partial charge is 0.246 e. The van der Waals surface area contributed by atoms with Crippen molar-refractivity contribution in [1.29, 1.82) is 0 Å². The second-order valence-electron chi connectivity index (χ2n) is 7.52. The zero-order valence-corrected chi connectivity index (χ0v) is 17.9. The number of hydrogen-bond donors (Lipinski definition) is 2. The number of aryl methyl sites for hydroxylation is 3. The maximum Gasteiger partial charge on any atom is 0.246 e. The molecule has 30 heavy (non-hydrogen) atoms. The lowest BCUT2D eigenvalue weighted by molar-refractivity contribution is -0.117. The number of likely N-dealkylation sites (N-methyl/N-ethyl adjacent to an activating group) is 1. The van der Waals surface area contributed by atoms with Crippen molar-refractivity contribution in [1.82, 2.24) is 24.9 Å². The van der Waals surface area contributed by atoms with Gasteiger partial charge in [-0.2, -0.15) is 10.1 Å². The fourth-order valence-electron chi connectivity index (χ4n) is 3.47. The van der Waals surface area contributed by atoms with Gasteiger partial charge in [-0.15, -0.1) is 0 Å². The molecule has 4 rings (SSSR count). The standard InChI is InChI=1S/C20H26N8O2/c1-6-16-15(13(4)30-26-16)10-28-9-14(8-22-28)7-21-20-23-11(2)17-18(25-20)27(5)12(3)19(29)24-17/h8-9,12H,6-7,10H2,1-5H3,(H,24,29)(H,21,23,25)/t12-/m0/s1. The van der Waals surface area contributed by atoms with E-state index >= 15 is 0 Å². The normalized spacial score (nSPS) is 15.8. The molecule has 0 radical (unpaired) electrons. The summed E-state index contributed by atoms with van der Waals surface area (Å²) in [6.07, 6.45) is 4.63. The number of carbonyl (C=O) groups excluding carboxylic acids is 1. The summed E-state index contributed by atoms with van der Waals surface area (Å²) in [5.74, 6) is 1.99. The number of amides is 1. The summed E-state index contributed by atoms with van der Waals surface area (Å²) in [5.41, 5.74) is 4.44. The molecule has 10 heteroatoms. The predicted octanol–water partition coefficient (Wildman–Crippen LogP) is 2.28.